The van der Waals surface area contributed by atoms with Crippen LogP contribution in [0.15, 0.2) is 0 Å². The Morgan fingerprint density at radius 1 is 0.667 bits per heavy atom. The summed E-state index contributed by atoms with van der Waals surface area (Å²) >= 11 is 0. The lowest BCUT2D eigenvalue weighted by Gasteiger charge is -2.39. The molecule has 18 heavy (non-hydrogen) atoms. The molecule has 104 valence electrons. The first-order chi connectivity index (χ1) is 8.92. The number of hydrogen-bond acceptors (Lipinski definition) is 1. The van der Waals surface area contributed by atoms with Gasteiger partial charge in [-0.1, -0.05) is 44.9 Å². The zero-order chi connectivity index (χ0) is 12.2. The van der Waals surface area contributed by atoms with Crippen LogP contribution in [-0.4, -0.2) is 13.1 Å². The molecule has 1 nitrogen and oxygen atoms in total. The molecule has 1 saturated heterocycles. The zero-order valence-corrected chi connectivity index (χ0v) is 12.0. The van der Waals surface area contributed by atoms with Gasteiger partial charge in [-0.2, -0.15) is 0 Å². The Bertz CT molecular complexity index is 244. The van der Waals surface area contributed by atoms with E-state index in [1.165, 1.54) is 45.2 Å². The molecule has 3 fully saturated rings. The Morgan fingerprint density at radius 2 is 1.39 bits per heavy atom. The van der Waals surface area contributed by atoms with E-state index in [1.54, 1.807) is 38.5 Å². The molecule has 0 amide bonds. The lowest BCUT2D eigenvalue weighted by atomic mass is 9.66. The van der Waals surface area contributed by atoms with E-state index in [0.717, 1.165) is 23.7 Å². The first-order valence-corrected chi connectivity index (χ1v) is 8.62. The standard InChI is InChI=1S/C17H31N/c1-2-4-17-13-15(7-8-16(17)3-1)6-5-14-9-11-18-12-10-14/h14-18H,1-13H2. The molecule has 0 aromatic carbocycles. The first-order valence-electron chi connectivity index (χ1n) is 8.62. The van der Waals surface area contributed by atoms with E-state index in [2.05, 4.69) is 5.32 Å². The minimum atomic E-state index is 1.05. The smallest absolute Gasteiger partial charge is 0.00463 e. The maximum Gasteiger partial charge on any atom is -0.00463 e. The second kappa shape index (κ2) is 6.41. The van der Waals surface area contributed by atoms with Crippen LogP contribution in [0.1, 0.15) is 70.6 Å². The lowest BCUT2D eigenvalue weighted by Crippen LogP contribution is -2.30. The molecule has 0 aromatic heterocycles. The number of fused-ring (bicyclic) bond motifs is 1. The third-order valence-corrected chi connectivity index (χ3v) is 6.09. The third kappa shape index (κ3) is 3.29. The van der Waals surface area contributed by atoms with Gasteiger partial charge in [-0.05, 0) is 62.4 Å². The van der Waals surface area contributed by atoms with Crippen LogP contribution < -0.4 is 5.32 Å². The van der Waals surface area contributed by atoms with Crippen LogP contribution in [0.2, 0.25) is 0 Å². The second-order valence-corrected chi connectivity index (χ2v) is 7.25. The van der Waals surface area contributed by atoms with Crippen LogP contribution in [0.5, 0.6) is 0 Å². The van der Waals surface area contributed by atoms with Gasteiger partial charge in [0.2, 0.25) is 0 Å². The van der Waals surface area contributed by atoms with Crippen molar-refractivity contribution in [3.8, 4) is 0 Å². The predicted molar refractivity (Wildman–Crippen MR) is 77.6 cm³/mol. The first kappa shape index (κ1) is 13.0. The van der Waals surface area contributed by atoms with Gasteiger partial charge in [-0.25, -0.2) is 0 Å². The van der Waals surface area contributed by atoms with Gasteiger partial charge in [-0.15, -0.1) is 0 Å². The molecule has 0 bridgehead atoms. The minimum Gasteiger partial charge on any atom is -0.317 e. The normalized spacial score (nSPS) is 38.3. The molecular weight excluding hydrogens is 218 g/mol. The van der Waals surface area contributed by atoms with Crippen LogP contribution in [0.3, 0.4) is 0 Å². The molecule has 0 radical (unpaired) electrons. The summed E-state index contributed by atoms with van der Waals surface area (Å²) < 4.78 is 0. The summed E-state index contributed by atoms with van der Waals surface area (Å²) in [6, 6.07) is 0. The summed E-state index contributed by atoms with van der Waals surface area (Å²) in [7, 11) is 0. The molecule has 1 N–H and O–H groups in total. The Labute approximate surface area is 113 Å². The summed E-state index contributed by atoms with van der Waals surface area (Å²) in [5, 5.41) is 3.49. The molecule has 1 heteroatoms. The van der Waals surface area contributed by atoms with Crippen molar-refractivity contribution in [3.05, 3.63) is 0 Å². The summed E-state index contributed by atoms with van der Waals surface area (Å²) in [5.74, 6) is 4.41. The van der Waals surface area contributed by atoms with Gasteiger partial charge < -0.3 is 5.32 Å². The zero-order valence-electron chi connectivity index (χ0n) is 12.0. The number of rotatable bonds is 3. The fourth-order valence-corrected chi connectivity index (χ4v) is 4.87. The molecule has 1 aliphatic heterocycles. The topological polar surface area (TPSA) is 12.0 Å². The Hall–Kier alpha value is -0.0400. The van der Waals surface area contributed by atoms with Crippen molar-refractivity contribution in [2.75, 3.05) is 13.1 Å². The van der Waals surface area contributed by atoms with Crippen molar-refractivity contribution in [1.82, 2.24) is 5.32 Å². The summed E-state index contributed by atoms with van der Waals surface area (Å²) in [5.41, 5.74) is 0. The largest absolute Gasteiger partial charge is 0.317 e. The van der Waals surface area contributed by atoms with Gasteiger partial charge in [0, 0.05) is 0 Å². The van der Waals surface area contributed by atoms with Crippen molar-refractivity contribution in [1.29, 1.82) is 0 Å². The van der Waals surface area contributed by atoms with E-state index >= 15 is 0 Å². The molecule has 3 unspecified atom stereocenters. The van der Waals surface area contributed by atoms with Gasteiger partial charge in [0.1, 0.15) is 0 Å². The molecule has 3 aliphatic rings. The molecule has 1 heterocycles. The van der Waals surface area contributed by atoms with Crippen LogP contribution in [0.25, 0.3) is 0 Å². The van der Waals surface area contributed by atoms with Gasteiger partial charge in [0.05, 0.1) is 0 Å². The van der Waals surface area contributed by atoms with Gasteiger partial charge in [0.15, 0.2) is 0 Å². The molecule has 3 rings (SSSR count). The Balaban J connectivity index is 1.40. The second-order valence-electron chi connectivity index (χ2n) is 7.25. The lowest BCUT2D eigenvalue weighted by molar-refractivity contribution is 0.120. The van der Waals surface area contributed by atoms with E-state index in [-0.39, 0.29) is 0 Å². The van der Waals surface area contributed by atoms with Gasteiger partial charge >= 0.3 is 0 Å². The molecule has 2 aliphatic carbocycles. The average molecular weight is 249 g/mol. The maximum atomic E-state index is 3.49. The predicted octanol–water partition coefficient (Wildman–Crippen LogP) is 4.37. The van der Waals surface area contributed by atoms with Crippen LogP contribution in [0.4, 0.5) is 0 Å². The van der Waals surface area contributed by atoms with Crippen molar-refractivity contribution in [2.45, 2.75) is 70.6 Å². The van der Waals surface area contributed by atoms with Crippen molar-refractivity contribution >= 4 is 0 Å². The number of piperidine rings is 1. The Morgan fingerprint density at radius 3 is 2.22 bits per heavy atom. The van der Waals surface area contributed by atoms with Crippen LogP contribution in [-0.2, 0) is 0 Å². The van der Waals surface area contributed by atoms with Gasteiger partial charge in [-0.3, -0.25) is 0 Å². The fraction of sp³-hybridized carbons (Fsp3) is 1.00. The Kier molecular flexibility index (Phi) is 4.62. The van der Waals surface area contributed by atoms with E-state index < -0.39 is 0 Å². The van der Waals surface area contributed by atoms with Crippen molar-refractivity contribution < 1.29 is 0 Å². The summed E-state index contributed by atoms with van der Waals surface area (Å²) in [6.45, 7) is 2.56. The monoisotopic (exact) mass is 249 g/mol. The average Bonchev–Trinajstić information content (AvgIpc) is 2.46. The minimum absolute atomic E-state index is 1.05. The van der Waals surface area contributed by atoms with Crippen molar-refractivity contribution in [3.63, 3.8) is 0 Å². The van der Waals surface area contributed by atoms with E-state index in [1.807, 2.05) is 0 Å². The third-order valence-electron chi connectivity index (χ3n) is 6.09. The molecule has 3 atom stereocenters. The highest BCUT2D eigenvalue weighted by Crippen LogP contribution is 2.44. The van der Waals surface area contributed by atoms with Crippen molar-refractivity contribution in [2.24, 2.45) is 23.7 Å². The quantitative estimate of drug-likeness (QED) is 0.783. The van der Waals surface area contributed by atoms with Gasteiger partial charge in [0.25, 0.3) is 0 Å². The molecular formula is C17H31N. The summed E-state index contributed by atoms with van der Waals surface area (Å²) in [6.07, 6.45) is 16.9. The van der Waals surface area contributed by atoms with Crippen LogP contribution in [0, 0.1) is 23.7 Å². The summed E-state index contributed by atoms with van der Waals surface area (Å²) in [4.78, 5) is 0. The molecule has 2 saturated carbocycles. The van der Waals surface area contributed by atoms with E-state index in [9.17, 15) is 0 Å². The van der Waals surface area contributed by atoms with Crippen LogP contribution >= 0.6 is 0 Å². The fourth-order valence-electron chi connectivity index (χ4n) is 4.87. The highest BCUT2D eigenvalue weighted by molar-refractivity contribution is 4.83. The SMILES string of the molecule is C1CCC2CC(CCC3CCNCC3)CCC2C1. The highest BCUT2D eigenvalue weighted by Gasteiger charge is 2.32. The van der Waals surface area contributed by atoms with E-state index in [4.69, 9.17) is 0 Å². The number of nitrogens with one attached hydrogen (secondary N) is 1. The maximum absolute atomic E-state index is 3.49. The highest BCUT2D eigenvalue weighted by atomic mass is 14.9. The van der Waals surface area contributed by atoms with E-state index in [0.29, 0.717) is 0 Å². The molecule has 0 aromatic rings. The number of hydrogen-bond donors (Lipinski definition) is 1. The molecule has 0 spiro atoms.